The molecule has 2 saturated carbocycles. The van der Waals surface area contributed by atoms with Crippen molar-refractivity contribution in [3.63, 3.8) is 0 Å². The Hall–Kier alpha value is -1.84. The molecule has 0 bridgehead atoms. The van der Waals surface area contributed by atoms with E-state index in [2.05, 4.69) is 47.9 Å². The van der Waals surface area contributed by atoms with Crippen molar-refractivity contribution < 1.29 is 4.79 Å². The first-order valence-electron chi connectivity index (χ1n) is 10.6. The molecule has 1 amide bonds. The Kier molecular flexibility index (Phi) is 3.73. The zero-order chi connectivity index (χ0) is 18.8. The summed E-state index contributed by atoms with van der Waals surface area (Å²) in [5.74, 6) is 2.31. The number of aromatic nitrogens is 2. The van der Waals surface area contributed by atoms with E-state index in [0.29, 0.717) is 5.92 Å². The van der Waals surface area contributed by atoms with Crippen molar-refractivity contribution >= 4 is 11.6 Å². The minimum atomic E-state index is 0.119. The van der Waals surface area contributed by atoms with Gasteiger partial charge in [0.25, 0.3) is 0 Å². The summed E-state index contributed by atoms with van der Waals surface area (Å²) in [5, 5.41) is 3.07. The molecule has 0 radical (unpaired) electrons. The van der Waals surface area contributed by atoms with Crippen LogP contribution in [0, 0.1) is 35.5 Å². The van der Waals surface area contributed by atoms with Crippen molar-refractivity contribution in [2.24, 2.45) is 28.6 Å². The molecule has 0 aromatic carbocycles. The zero-order valence-electron chi connectivity index (χ0n) is 16.8. The standard InChI is InChI=1S/C23H31N3O/c1-15-13-26(14-25-15)20-7-6-18-17-5-4-16-12-21(27)24-11-10-22(16,2)19(17)8-9-23(18,20)3/h7,12-14,17-19H,4-6,8-11H2,1-3H3,(H,24,27)/t17-,18?,19?,22-,23-/m0/s1. The zero-order valence-corrected chi connectivity index (χ0v) is 16.8. The average molecular weight is 366 g/mol. The number of nitrogens with zero attached hydrogens (tertiary/aromatic N) is 2. The molecule has 144 valence electrons. The quantitative estimate of drug-likeness (QED) is 0.805. The van der Waals surface area contributed by atoms with Gasteiger partial charge >= 0.3 is 0 Å². The van der Waals surface area contributed by atoms with Crippen LogP contribution in [-0.2, 0) is 4.79 Å². The summed E-state index contributed by atoms with van der Waals surface area (Å²) in [6, 6.07) is 0. The van der Waals surface area contributed by atoms with Gasteiger partial charge in [0, 0.05) is 29.9 Å². The van der Waals surface area contributed by atoms with Gasteiger partial charge in [-0.2, -0.15) is 0 Å². The van der Waals surface area contributed by atoms with Crippen molar-refractivity contribution in [2.75, 3.05) is 6.54 Å². The number of rotatable bonds is 1. The maximum Gasteiger partial charge on any atom is 0.243 e. The molecule has 1 aliphatic heterocycles. The predicted octanol–water partition coefficient (Wildman–Crippen LogP) is 4.33. The van der Waals surface area contributed by atoms with E-state index in [-0.39, 0.29) is 16.7 Å². The molecule has 5 rings (SSSR count). The highest BCUT2D eigenvalue weighted by molar-refractivity contribution is 5.88. The Morgan fingerprint density at radius 2 is 2.04 bits per heavy atom. The van der Waals surface area contributed by atoms with Crippen LogP contribution in [0.2, 0.25) is 0 Å². The average Bonchev–Trinajstić information content (AvgIpc) is 3.15. The summed E-state index contributed by atoms with van der Waals surface area (Å²) in [6.45, 7) is 7.83. The molecule has 2 heterocycles. The fourth-order valence-corrected chi connectivity index (χ4v) is 7.06. The van der Waals surface area contributed by atoms with Crippen LogP contribution in [0.5, 0.6) is 0 Å². The van der Waals surface area contributed by atoms with Crippen molar-refractivity contribution in [1.82, 2.24) is 14.9 Å². The molecular formula is C23H31N3O. The molecular weight excluding hydrogens is 334 g/mol. The Bertz CT molecular complexity index is 850. The molecule has 4 heteroatoms. The van der Waals surface area contributed by atoms with Gasteiger partial charge in [-0.05, 0) is 68.6 Å². The van der Waals surface area contributed by atoms with Crippen LogP contribution >= 0.6 is 0 Å². The fraction of sp³-hybridized carbons (Fsp3) is 0.652. The molecule has 5 atom stereocenters. The monoisotopic (exact) mass is 365 g/mol. The molecule has 27 heavy (non-hydrogen) atoms. The summed E-state index contributed by atoms with van der Waals surface area (Å²) < 4.78 is 2.28. The Morgan fingerprint density at radius 1 is 1.19 bits per heavy atom. The largest absolute Gasteiger partial charge is 0.353 e. The van der Waals surface area contributed by atoms with Gasteiger partial charge in [-0.25, -0.2) is 4.98 Å². The van der Waals surface area contributed by atoms with Gasteiger partial charge in [0.1, 0.15) is 0 Å². The molecule has 2 unspecified atom stereocenters. The highest BCUT2D eigenvalue weighted by atomic mass is 16.1. The number of imidazole rings is 1. The van der Waals surface area contributed by atoms with Gasteiger partial charge in [-0.3, -0.25) is 4.79 Å². The van der Waals surface area contributed by atoms with Crippen molar-refractivity contribution in [3.05, 3.63) is 35.9 Å². The van der Waals surface area contributed by atoms with Gasteiger partial charge in [-0.15, -0.1) is 0 Å². The molecule has 1 aromatic heterocycles. The number of amides is 1. The van der Waals surface area contributed by atoms with E-state index in [1.54, 1.807) is 0 Å². The van der Waals surface area contributed by atoms with Crippen LogP contribution in [-0.4, -0.2) is 22.0 Å². The van der Waals surface area contributed by atoms with E-state index in [1.807, 2.05) is 12.4 Å². The van der Waals surface area contributed by atoms with Crippen molar-refractivity contribution in [2.45, 2.75) is 59.3 Å². The summed E-state index contributed by atoms with van der Waals surface area (Å²) in [4.78, 5) is 16.5. The fourth-order valence-electron chi connectivity index (χ4n) is 7.06. The number of aryl methyl sites for hydroxylation is 1. The normalized spacial score (nSPS) is 40.9. The minimum absolute atomic E-state index is 0.119. The number of carbonyl (C=O) groups is 1. The minimum Gasteiger partial charge on any atom is -0.353 e. The van der Waals surface area contributed by atoms with Gasteiger partial charge in [0.2, 0.25) is 5.91 Å². The van der Waals surface area contributed by atoms with Crippen LogP contribution < -0.4 is 5.32 Å². The third-order valence-electron chi connectivity index (χ3n) is 8.51. The van der Waals surface area contributed by atoms with Crippen LogP contribution in [0.4, 0.5) is 0 Å². The summed E-state index contributed by atoms with van der Waals surface area (Å²) in [6.07, 6.45) is 15.7. The second kappa shape index (κ2) is 5.83. The topological polar surface area (TPSA) is 46.9 Å². The van der Waals surface area contributed by atoms with Crippen LogP contribution in [0.1, 0.15) is 58.1 Å². The number of hydrogen-bond acceptors (Lipinski definition) is 2. The lowest BCUT2D eigenvalue weighted by atomic mass is 9.48. The molecule has 4 aliphatic rings. The number of fused-ring (bicyclic) bond motifs is 5. The lowest BCUT2D eigenvalue weighted by Gasteiger charge is -2.56. The smallest absolute Gasteiger partial charge is 0.243 e. The van der Waals surface area contributed by atoms with Gasteiger partial charge in [0.05, 0.1) is 12.0 Å². The van der Waals surface area contributed by atoms with E-state index in [1.165, 1.54) is 37.0 Å². The molecule has 2 fully saturated rings. The molecule has 4 nitrogen and oxygen atoms in total. The maximum atomic E-state index is 12.1. The molecule has 1 aromatic rings. The van der Waals surface area contributed by atoms with Crippen molar-refractivity contribution in [1.29, 1.82) is 0 Å². The second-order valence-corrected chi connectivity index (χ2v) is 9.75. The first kappa shape index (κ1) is 17.3. The van der Waals surface area contributed by atoms with E-state index in [9.17, 15) is 4.79 Å². The molecule has 0 saturated heterocycles. The van der Waals surface area contributed by atoms with Crippen LogP contribution in [0.15, 0.2) is 30.2 Å². The first-order valence-corrected chi connectivity index (χ1v) is 10.6. The van der Waals surface area contributed by atoms with Crippen LogP contribution in [0.25, 0.3) is 5.70 Å². The van der Waals surface area contributed by atoms with Gasteiger partial charge in [-0.1, -0.05) is 25.5 Å². The Morgan fingerprint density at radius 3 is 2.81 bits per heavy atom. The number of nitrogens with one attached hydrogen (secondary N) is 1. The summed E-state index contributed by atoms with van der Waals surface area (Å²) in [7, 11) is 0. The third kappa shape index (κ3) is 2.41. The van der Waals surface area contributed by atoms with Crippen molar-refractivity contribution in [3.8, 4) is 0 Å². The SMILES string of the molecule is Cc1cn(C2=CCC3[C@@H]4CCC5=CC(=O)NCC[C@]5(C)C4CC[C@]23C)cn1. The number of carbonyl (C=O) groups excluding carboxylic acids is 1. The van der Waals surface area contributed by atoms with E-state index in [0.717, 1.165) is 36.9 Å². The second-order valence-electron chi connectivity index (χ2n) is 9.75. The Balaban J connectivity index is 1.48. The maximum absolute atomic E-state index is 12.1. The molecule has 0 spiro atoms. The Labute approximate surface area is 162 Å². The lowest BCUT2D eigenvalue weighted by Crippen LogP contribution is -2.49. The highest BCUT2D eigenvalue weighted by Gasteiger charge is 2.57. The van der Waals surface area contributed by atoms with E-state index in [4.69, 9.17) is 0 Å². The summed E-state index contributed by atoms with van der Waals surface area (Å²) >= 11 is 0. The number of hydrogen-bond donors (Lipinski definition) is 1. The molecule has 1 N–H and O–H groups in total. The third-order valence-corrected chi connectivity index (χ3v) is 8.51. The summed E-state index contributed by atoms with van der Waals surface area (Å²) in [5.41, 5.74) is 4.42. The van der Waals surface area contributed by atoms with E-state index < -0.39 is 0 Å². The van der Waals surface area contributed by atoms with Crippen LogP contribution in [0.3, 0.4) is 0 Å². The lowest BCUT2D eigenvalue weighted by molar-refractivity contribution is -0.116. The van der Waals surface area contributed by atoms with Gasteiger partial charge in [0.15, 0.2) is 0 Å². The van der Waals surface area contributed by atoms with E-state index >= 15 is 0 Å². The molecule has 3 aliphatic carbocycles. The number of allylic oxidation sites excluding steroid dienone is 3. The highest BCUT2D eigenvalue weighted by Crippen LogP contribution is 2.65. The van der Waals surface area contributed by atoms with Gasteiger partial charge < -0.3 is 9.88 Å². The first-order chi connectivity index (χ1) is 12.9. The predicted molar refractivity (Wildman–Crippen MR) is 107 cm³/mol.